The lowest BCUT2D eigenvalue weighted by Crippen LogP contribution is -2.16. The molecule has 1 atom stereocenters. The smallest absolute Gasteiger partial charge is 0.134 e. The number of nitrogens with one attached hydrogen (secondary N) is 1. The van der Waals surface area contributed by atoms with Crippen molar-refractivity contribution in [2.24, 2.45) is 0 Å². The Morgan fingerprint density at radius 1 is 1.40 bits per heavy atom. The highest BCUT2D eigenvalue weighted by molar-refractivity contribution is 5.77. The van der Waals surface area contributed by atoms with Crippen LogP contribution in [0.4, 0.5) is 0 Å². The van der Waals surface area contributed by atoms with E-state index in [-0.39, 0.29) is 6.04 Å². The zero-order valence-corrected chi connectivity index (χ0v) is 9.08. The molecule has 1 unspecified atom stereocenters. The second-order valence-electron chi connectivity index (χ2n) is 3.75. The average molecular weight is 201 g/mol. The van der Waals surface area contributed by atoms with Crippen LogP contribution in [-0.2, 0) is 0 Å². The molecule has 0 aliphatic rings. The Kier molecular flexibility index (Phi) is 2.60. The van der Waals surface area contributed by atoms with Crippen LogP contribution in [0.15, 0.2) is 46.9 Å². The van der Waals surface area contributed by atoms with Gasteiger partial charge in [-0.05, 0) is 26.1 Å². The van der Waals surface area contributed by atoms with E-state index in [2.05, 4.69) is 18.0 Å². The van der Waals surface area contributed by atoms with Crippen molar-refractivity contribution >= 4 is 11.0 Å². The van der Waals surface area contributed by atoms with Crippen LogP contribution in [-0.4, -0.2) is 7.05 Å². The Hall–Kier alpha value is -1.54. The maximum Gasteiger partial charge on any atom is 0.134 e. The van der Waals surface area contributed by atoms with E-state index in [1.807, 2.05) is 38.2 Å². The molecule has 1 N–H and O–H groups in total. The molecular formula is C13H15NO. The van der Waals surface area contributed by atoms with Crippen molar-refractivity contribution in [3.05, 3.63) is 48.2 Å². The number of benzene rings is 1. The van der Waals surface area contributed by atoms with Crippen molar-refractivity contribution in [2.75, 3.05) is 7.05 Å². The summed E-state index contributed by atoms with van der Waals surface area (Å²) in [6, 6.07) is 10.2. The summed E-state index contributed by atoms with van der Waals surface area (Å²) in [5, 5.41) is 4.32. The summed E-state index contributed by atoms with van der Waals surface area (Å²) in [6.07, 6.45) is 0. The molecule has 0 amide bonds. The van der Waals surface area contributed by atoms with Gasteiger partial charge in [0.1, 0.15) is 11.3 Å². The maximum absolute atomic E-state index is 5.76. The molecule has 78 valence electrons. The van der Waals surface area contributed by atoms with Gasteiger partial charge in [-0.2, -0.15) is 0 Å². The number of hydrogen-bond acceptors (Lipinski definition) is 2. The fourth-order valence-corrected chi connectivity index (χ4v) is 1.78. The lowest BCUT2D eigenvalue weighted by Gasteiger charge is -2.12. The molecule has 0 aliphatic heterocycles. The molecule has 2 heteroatoms. The second kappa shape index (κ2) is 3.91. The van der Waals surface area contributed by atoms with Crippen LogP contribution in [0.3, 0.4) is 0 Å². The van der Waals surface area contributed by atoms with Crippen LogP contribution in [0.25, 0.3) is 11.0 Å². The van der Waals surface area contributed by atoms with E-state index < -0.39 is 0 Å². The molecule has 2 aromatic rings. The van der Waals surface area contributed by atoms with Gasteiger partial charge in [0, 0.05) is 5.39 Å². The average Bonchev–Trinajstić information content (AvgIpc) is 2.61. The SMILES string of the molecule is C=C(C)C(NC)c1cc2ccccc2o1. The molecule has 0 spiro atoms. The summed E-state index contributed by atoms with van der Waals surface area (Å²) < 4.78 is 5.76. The molecule has 0 saturated carbocycles. The Bertz CT molecular complexity index is 451. The van der Waals surface area contributed by atoms with Crippen LogP contribution in [0.2, 0.25) is 0 Å². The van der Waals surface area contributed by atoms with Crippen molar-refractivity contribution < 1.29 is 4.42 Å². The topological polar surface area (TPSA) is 25.2 Å². The number of furan rings is 1. The Morgan fingerprint density at radius 2 is 2.13 bits per heavy atom. The van der Waals surface area contributed by atoms with E-state index in [9.17, 15) is 0 Å². The van der Waals surface area contributed by atoms with Gasteiger partial charge in [0.2, 0.25) is 0 Å². The first kappa shape index (κ1) is 9.99. The normalized spacial score (nSPS) is 12.9. The molecule has 0 fully saturated rings. The number of para-hydroxylation sites is 1. The number of likely N-dealkylation sites (N-methyl/N-ethyl adjacent to an activating group) is 1. The van der Waals surface area contributed by atoms with E-state index in [1.165, 1.54) is 0 Å². The summed E-state index contributed by atoms with van der Waals surface area (Å²) in [4.78, 5) is 0. The predicted molar refractivity (Wildman–Crippen MR) is 62.8 cm³/mol. The Balaban J connectivity index is 2.47. The first-order valence-electron chi connectivity index (χ1n) is 5.03. The third kappa shape index (κ3) is 1.81. The third-order valence-electron chi connectivity index (χ3n) is 2.51. The van der Waals surface area contributed by atoms with E-state index in [1.54, 1.807) is 0 Å². The quantitative estimate of drug-likeness (QED) is 0.771. The highest BCUT2D eigenvalue weighted by Crippen LogP contribution is 2.26. The monoisotopic (exact) mass is 201 g/mol. The van der Waals surface area contributed by atoms with Gasteiger partial charge in [-0.1, -0.05) is 30.4 Å². The summed E-state index contributed by atoms with van der Waals surface area (Å²) >= 11 is 0. The zero-order valence-electron chi connectivity index (χ0n) is 9.08. The van der Waals surface area contributed by atoms with E-state index in [0.717, 1.165) is 22.3 Å². The molecule has 15 heavy (non-hydrogen) atoms. The van der Waals surface area contributed by atoms with Gasteiger partial charge < -0.3 is 9.73 Å². The minimum absolute atomic E-state index is 0.0948. The molecule has 0 aliphatic carbocycles. The lowest BCUT2D eigenvalue weighted by molar-refractivity contribution is 0.488. The van der Waals surface area contributed by atoms with E-state index in [0.29, 0.717) is 0 Å². The van der Waals surface area contributed by atoms with Gasteiger partial charge >= 0.3 is 0 Å². The van der Waals surface area contributed by atoms with Crippen LogP contribution in [0.1, 0.15) is 18.7 Å². The summed E-state index contributed by atoms with van der Waals surface area (Å²) in [5.74, 6) is 0.922. The summed E-state index contributed by atoms with van der Waals surface area (Å²) in [7, 11) is 1.91. The van der Waals surface area contributed by atoms with Gasteiger partial charge in [0.05, 0.1) is 6.04 Å². The van der Waals surface area contributed by atoms with Crippen LogP contribution in [0.5, 0.6) is 0 Å². The van der Waals surface area contributed by atoms with Crippen LogP contribution < -0.4 is 5.32 Å². The van der Waals surface area contributed by atoms with Crippen molar-refractivity contribution in [3.63, 3.8) is 0 Å². The van der Waals surface area contributed by atoms with Gasteiger partial charge in [-0.25, -0.2) is 0 Å². The second-order valence-corrected chi connectivity index (χ2v) is 3.75. The first-order valence-corrected chi connectivity index (χ1v) is 5.03. The Morgan fingerprint density at radius 3 is 2.73 bits per heavy atom. The third-order valence-corrected chi connectivity index (χ3v) is 2.51. The molecule has 1 heterocycles. The molecule has 2 nitrogen and oxygen atoms in total. The molecule has 0 radical (unpaired) electrons. The van der Waals surface area contributed by atoms with Crippen LogP contribution in [0, 0.1) is 0 Å². The largest absolute Gasteiger partial charge is 0.459 e. The highest BCUT2D eigenvalue weighted by atomic mass is 16.3. The van der Waals surface area contributed by atoms with Crippen molar-refractivity contribution in [1.82, 2.24) is 5.32 Å². The first-order chi connectivity index (χ1) is 7.22. The number of rotatable bonds is 3. The molecule has 2 rings (SSSR count). The van der Waals surface area contributed by atoms with Crippen LogP contribution >= 0.6 is 0 Å². The minimum Gasteiger partial charge on any atom is -0.459 e. The molecule has 0 saturated heterocycles. The summed E-state index contributed by atoms with van der Waals surface area (Å²) in [5.41, 5.74) is 1.98. The fraction of sp³-hybridized carbons (Fsp3) is 0.231. The van der Waals surface area contributed by atoms with Crippen molar-refractivity contribution in [1.29, 1.82) is 0 Å². The van der Waals surface area contributed by atoms with Gasteiger partial charge in [-0.15, -0.1) is 0 Å². The van der Waals surface area contributed by atoms with Gasteiger partial charge in [0.15, 0.2) is 0 Å². The van der Waals surface area contributed by atoms with E-state index in [4.69, 9.17) is 4.42 Å². The molecule has 1 aromatic carbocycles. The summed E-state index contributed by atoms with van der Waals surface area (Å²) in [6.45, 7) is 5.94. The van der Waals surface area contributed by atoms with E-state index >= 15 is 0 Å². The van der Waals surface area contributed by atoms with Gasteiger partial charge in [0.25, 0.3) is 0 Å². The maximum atomic E-state index is 5.76. The van der Waals surface area contributed by atoms with Crippen molar-refractivity contribution in [2.45, 2.75) is 13.0 Å². The van der Waals surface area contributed by atoms with Gasteiger partial charge in [-0.3, -0.25) is 0 Å². The van der Waals surface area contributed by atoms with Crippen molar-refractivity contribution in [3.8, 4) is 0 Å². The highest BCUT2D eigenvalue weighted by Gasteiger charge is 2.14. The standard InChI is InChI=1S/C13H15NO/c1-9(2)13(14-3)12-8-10-6-4-5-7-11(10)15-12/h4-8,13-14H,1H2,2-3H3. The zero-order chi connectivity index (χ0) is 10.8. The Labute approximate surface area is 89.6 Å². The molecule has 0 bridgehead atoms. The molecular weight excluding hydrogens is 186 g/mol. The molecule has 1 aromatic heterocycles. The fourth-order valence-electron chi connectivity index (χ4n) is 1.78. The minimum atomic E-state index is 0.0948. The number of hydrogen-bond donors (Lipinski definition) is 1. The lowest BCUT2D eigenvalue weighted by atomic mass is 10.1. The number of fused-ring (bicyclic) bond motifs is 1. The predicted octanol–water partition coefficient (Wildman–Crippen LogP) is 3.27.